The highest BCUT2D eigenvalue weighted by Gasteiger charge is 2.26. The van der Waals surface area contributed by atoms with Gasteiger partial charge in [0.05, 0.1) is 12.2 Å². The van der Waals surface area contributed by atoms with Crippen molar-refractivity contribution >= 4 is 24.0 Å². The molecule has 3 amide bonds. The van der Waals surface area contributed by atoms with E-state index in [1.54, 1.807) is 6.08 Å². The van der Waals surface area contributed by atoms with Gasteiger partial charge in [0.1, 0.15) is 0 Å². The average molecular weight is 430 g/mol. The highest BCUT2D eigenvalue weighted by molar-refractivity contribution is 5.97. The van der Waals surface area contributed by atoms with Gasteiger partial charge in [-0.25, -0.2) is 9.59 Å². The number of urea groups is 1. The summed E-state index contributed by atoms with van der Waals surface area (Å²) in [6.07, 6.45) is 4.73. The second kappa shape index (κ2) is 9.74. The number of aromatic nitrogens is 2. The Labute approximate surface area is 185 Å². The minimum absolute atomic E-state index is 0.270. The van der Waals surface area contributed by atoms with Gasteiger partial charge < -0.3 is 10.1 Å². The van der Waals surface area contributed by atoms with Crippen LogP contribution in [0, 0.1) is 0 Å². The zero-order chi connectivity index (χ0) is 22.3. The lowest BCUT2D eigenvalue weighted by Crippen LogP contribution is -2.37. The number of esters is 1. The summed E-state index contributed by atoms with van der Waals surface area (Å²) in [5, 5.41) is 7.23. The molecule has 2 aromatic carbocycles. The Morgan fingerprint density at radius 2 is 1.78 bits per heavy atom. The zero-order valence-corrected chi connectivity index (χ0v) is 17.3. The molecule has 4 rings (SSSR count). The third kappa shape index (κ3) is 5.10. The topological polar surface area (TPSA) is 93.5 Å². The van der Waals surface area contributed by atoms with Crippen LogP contribution >= 0.6 is 0 Å². The summed E-state index contributed by atoms with van der Waals surface area (Å²) < 4.78 is 6.83. The highest BCUT2D eigenvalue weighted by atomic mass is 16.5. The lowest BCUT2D eigenvalue weighted by atomic mass is 10.1. The number of imide groups is 1. The number of ether oxygens (including phenoxy) is 1. The number of nitrogens with zero attached hydrogens (tertiary/aromatic N) is 3. The van der Waals surface area contributed by atoms with Crippen LogP contribution in [-0.2, 0) is 20.9 Å². The Balaban J connectivity index is 1.47. The van der Waals surface area contributed by atoms with E-state index in [2.05, 4.69) is 5.32 Å². The van der Waals surface area contributed by atoms with Crippen molar-refractivity contribution in [2.75, 3.05) is 19.7 Å². The third-order valence-corrected chi connectivity index (χ3v) is 4.92. The Morgan fingerprint density at radius 1 is 1.06 bits per heavy atom. The van der Waals surface area contributed by atoms with E-state index in [-0.39, 0.29) is 6.54 Å². The van der Waals surface area contributed by atoms with Gasteiger partial charge in [-0.15, -0.1) is 0 Å². The fourth-order valence-electron chi connectivity index (χ4n) is 3.36. The van der Waals surface area contributed by atoms with Gasteiger partial charge in [0, 0.05) is 36.5 Å². The normalized spacial score (nSPS) is 13.4. The van der Waals surface area contributed by atoms with Crippen LogP contribution in [0.25, 0.3) is 17.3 Å². The van der Waals surface area contributed by atoms with E-state index in [9.17, 15) is 14.4 Å². The van der Waals surface area contributed by atoms with Crippen LogP contribution in [-0.4, -0.2) is 52.3 Å². The quantitative estimate of drug-likeness (QED) is 0.460. The fraction of sp³-hybridized carbons (Fsp3) is 0.167. The molecule has 3 aromatic rings. The van der Waals surface area contributed by atoms with Crippen molar-refractivity contribution in [2.45, 2.75) is 6.54 Å². The molecule has 0 spiro atoms. The van der Waals surface area contributed by atoms with Gasteiger partial charge in [0.25, 0.3) is 5.91 Å². The smallest absolute Gasteiger partial charge is 0.331 e. The van der Waals surface area contributed by atoms with E-state index >= 15 is 0 Å². The summed E-state index contributed by atoms with van der Waals surface area (Å²) >= 11 is 0. The van der Waals surface area contributed by atoms with Crippen LogP contribution in [0.15, 0.2) is 72.9 Å². The maximum Gasteiger partial charge on any atom is 0.331 e. The summed E-state index contributed by atoms with van der Waals surface area (Å²) in [5.74, 6) is -1.23. The molecular formula is C24H22N4O4. The van der Waals surface area contributed by atoms with Gasteiger partial charge >= 0.3 is 12.0 Å². The summed E-state index contributed by atoms with van der Waals surface area (Å²) in [4.78, 5) is 36.7. The maximum absolute atomic E-state index is 12.2. The molecule has 8 nitrogen and oxygen atoms in total. The Morgan fingerprint density at radius 3 is 2.47 bits per heavy atom. The second-order valence-corrected chi connectivity index (χ2v) is 7.20. The van der Waals surface area contributed by atoms with Gasteiger partial charge in [0.15, 0.2) is 6.61 Å². The Kier molecular flexibility index (Phi) is 6.41. The molecule has 1 aliphatic rings. The lowest BCUT2D eigenvalue weighted by molar-refractivity contribution is -0.146. The lowest BCUT2D eigenvalue weighted by Gasteiger charge is -2.11. The minimum Gasteiger partial charge on any atom is -0.452 e. The van der Waals surface area contributed by atoms with Crippen LogP contribution in [0.2, 0.25) is 0 Å². The van der Waals surface area contributed by atoms with E-state index in [0.29, 0.717) is 13.1 Å². The standard InChI is InChI=1S/C24H22N4O4/c29-21(28-14-13-25-24(28)31)17-32-22(30)12-11-20-16-27(15-18-7-3-1-4-8-18)26-23(20)19-9-5-2-6-10-19/h1-12,16H,13-15,17H2,(H,25,31)/b12-11+. The first kappa shape index (κ1) is 21.0. The number of amides is 3. The first-order valence-corrected chi connectivity index (χ1v) is 10.2. The van der Waals surface area contributed by atoms with Crippen molar-refractivity contribution in [3.05, 3.63) is 84.1 Å². The van der Waals surface area contributed by atoms with E-state index in [4.69, 9.17) is 9.84 Å². The van der Waals surface area contributed by atoms with Crippen LogP contribution in [0.4, 0.5) is 4.79 Å². The van der Waals surface area contributed by atoms with Crippen molar-refractivity contribution in [3.63, 3.8) is 0 Å². The number of carbonyl (C=O) groups excluding carboxylic acids is 3. The highest BCUT2D eigenvalue weighted by Crippen LogP contribution is 2.23. The summed E-state index contributed by atoms with van der Waals surface area (Å²) in [7, 11) is 0. The van der Waals surface area contributed by atoms with Crippen LogP contribution in [0.1, 0.15) is 11.1 Å². The number of rotatable bonds is 7. The molecule has 0 atom stereocenters. The number of hydrogen-bond donors (Lipinski definition) is 1. The van der Waals surface area contributed by atoms with Crippen LogP contribution < -0.4 is 5.32 Å². The third-order valence-electron chi connectivity index (χ3n) is 4.92. The molecule has 1 fully saturated rings. The Bertz CT molecular complexity index is 1140. The first-order chi connectivity index (χ1) is 15.6. The Hall–Kier alpha value is -4.20. The van der Waals surface area contributed by atoms with Crippen molar-refractivity contribution in [2.24, 2.45) is 0 Å². The first-order valence-electron chi connectivity index (χ1n) is 10.2. The summed E-state index contributed by atoms with van der Waals surface area (Å²) in [6.45, 7) is 0.764. The number of benzene rings is 2. The maximum atomic E-state index is 12.2. The fourth-order valence-corrected chi connectivity index (χ4v) is 3.36. The van der Waals surface area contributed by atoms with Crippen molar-refractivity contribution in [1.82, 2.24) is 20.0 Å². The molecule has 0 aliphatic carbocycles. The second-order valence-electron chi connectivity index (χ2n) is 7.20. The summed E-state index contributed by atoms with van der Waals surface area (Å²) in [5.41, 5.74) is 3.50. The minimum atomic E-state index is -0.673. The van der Waals surface area contributed by atoms with Gasteiger partial charge in [-0.1, -0.05) is 60.7 Å². The van der Waals surface area contributed by atoms with Crippen LogP contribution in [0.5, 0.6) is 0 Å². The molecule has 2 heterocycles. The predicted octanol–water partition coefficient (Wildman–Crippen LogP) is 2.71. The van der Waals surface area contributed by atoms with Crippen molar-refractivity contribution in [1.29, 1.82) is 0 Å². The molecule has 0 unspecified atom stereocenters. The van der Waals surface area contributed by atoms with Gasteiger partial charge in [-0.2, -0.15) is 5.10 Å². The summed E-state index contributed by atoms with van der Waals surface area (Å²) in [6, 6.07) is 19.2. The SMILES string of the molecule is O=C(/C=C/c1cn(Cc2ccccc2)nc1-c1ccccc1)OCC(=O)N1CCNC1=O. The zero-order valence-electron chi connectivity index (χ0n) is 17.3. The van der Waals surface area contributed by atoms with E-state index in [1.807, 2.05) is 71.5 Å². The molecule has 0 saturated carbocycles. The average Bonchev–Trinajstić information content (AvgIpc) is 3.43. The van der Waals surface area contributed by atoms with Gasteiger partial charge in [-0.3, -0.25) is 14.4 Å². The van der Waals surface area contributed by atoms with Crippen molar-refractivity contribution < 1.29 is 19.1 Å². The molecule has 162 valence electrons. The largest absolute Gasteiger partial charge is 0.452 e. The number of nitrogens with one attached hydrogen (secondary N) is 1. The van der Waals surface area contributed by atoms with Gasteiger partial charge in [0.2, 0.25) is 0 Å². The molecule has 0 bridgehead atoms. The van der Waals surface area contributed by atoms with Gasteiger partial charge in [-0.05, 0) is 11.6 Å². The van der Waals surface area contributed by atoms with E-state index in [1.165, 1.54) is 6.08 Å². The van der Waals surface area contributed by atoms with E-state index in [0.717, 1.165) is 27.3 Å². The number of carbonyl (C=O) groups is 3. The van der Waals surface area contributed by atoms with Crippen LogP contribution in [0.3, 0.4) is 0 Å². The van der Waals surface area contributed by atoms with E-state index < -0.39 is 24.5 Å². The molecule has 1 N–H and O–H groups in total. The van der Waals surface area contributed by atoms with Crippen molar-refractivity contribution in [3.8, 4) is 11.3 Å². The monoisotopic (exact) mass is 430 g/mol. The molecular weight excluding hydrogens is 408 g/mol. The molecule has 1 aromatic heterocycles. The number of hydrogen-bond acceptors (Lipinski definition) is 5. The molecule has 32 heavy (non-hydrogen) atoms. The molecule has 0 radical (unpaired) electrons. The molecule has 1 saturated heterocycles. The molecule has 8 heteroatoms. The molecule has 1 aliphatic heterocycles. The predicted molar refractivity (Wildman–Crippen MR) is 118 cm³/mol.